The number of fused-ring (bicyclic) bond motifs is 1. The molecule has 188 valence electrons. The number of carbonyl (C=O) groups is 3. The van der Waals surface area contributed by atoms with Crippen LogP contribution in [0.1, 0.15) is 49.7 Å². The summed E-state index contributed by atoms with van der Waals surface area (Å²) in [6.07, 6.45) is 9.22. The SMILES string of the molecule is Cc1ccc(N2C(=O)C3C(C=Cc4ccccc4)NC(CC4CCCCC4)(C(=O)O)C3C2=O)cc1Cl. The molecule has 7 heteroatoms. The van der Waals surface area contributed by atoms with Gasteiger partial charge in [0.1, 0.15) is 5.54 Å². The Balaban J connectivity index is 1.56. The first-order valence-corrected chi connectivity index (χ1v) is 13.1. The standard InChI is InChI=1S/C29H31ClN2O4/c1-18-12-14-21(16-22(18)30)32-26(33)24-23(15-13-19-8-4-2-5-9-19)31-29(28(35)36,25(24)27(32)34)17-20-10-6-3-7-11-20/h2,4-5,8-9,12-16,20,23-25,31H,3,6-7,10-11,17H2,1H3,(H,35,36). The zero-order chi connectivity index (χ0) is 25.4. The van der Waals surface area contributed by atoms with Gasteiger partial charge in [-0.05, 0) is 42.5 Å². The highest BCUT2D eigenvalue weighted by atomic mass is 35.5. The minimum atomic E-state index is -1.51. The molecule has 1 saturated carbocycles. The number of carbonyl (C=O) groups excluding carboxylic acids is 2. The molecule has 0 radical (unpaired) electrons. The minimum absolute atomic E-state index is 0.200. The van der Waals surface area contributed by atoms with Crippen LogP contribution in [0.5, 0.6) is 0 Å². The van der Waals surface area contributed by atoms with Crippen molar-refractivity contribution in [3.63, 3.8) is 0 Å². The van der Waals surface area contributed by atoms with Crippen molar-refractivity contribution in [3.8, 4) is 0 Å². The van der Waals surface area contributed by atoms with Gasteiger partial charge in [-0.2, -0.15) is 0 Å². The molecule has 2 amide bonds. The molecule has 0 aromatic heterocycles. The van der Waals surface area contributed by atoms with Gasteiger partial charge in [0.05, 0.1) is 17.5 Å². The van der Waals surface area contributed by atoms with E-state index in [1.807, 2.05) is 49.4 Å². The maximum Gasteiger partial charge on any atom is 0.324 e. The molecule has 2 aromatic rings. The number of carboxylic acid groups (broad SMARTS) is 1. The number of aryl methyl sites for hydroxylation is 1. The van der Waals surface area contributed by atoms with E-state index in [-0.39, 0.29) is 11.8 Å². The van der Waals surface area contributed by atoms with Crippen LogP contribution in [0.25, 0.3) is 6.08 Å². The molecular formula is C29H31ClN2O4. The van der Waals surface area contributed by atoms with Gasteiger partial charge in [0.25, 0.3) is 0 Å². The van der Waals surface area contributed by atoms with Crippen LogP contribution in [0.2, 0.25) is 5.02 Å². The van der Waals surface area contributed by atoms with Gasteiger partial charge in [0.15, 0.2) is 0 Å². The quantitative estimate of drug-likeness (QED) is 0.524. The van der Waals surface area contributed by atoms with E-state index in [0.717, 1.165) is 48.1 Å². The normalized spacial score (nSPS) is 28.7. The summed E-state index contributed by atoms with van der Waals surface area (Å²) in [6.45, 7) is 1.85. The number of nitrogens with one attached hydrogen (secondary N) is 1. The molecule has 1 aliphatic carbocycles. The van der Waals surface area contributed by atoms with Crippen molar-refractivity contribution < 1.29 is 19.5 Å². The number of hydrogen-bond donors (Lipinski definition) is 2. The average Bonchev–Trinajstić information content (AvgIpc) is 3.34. The van der Waals surface area contributed by atoms with Crippen molar-refractivity contribution in [2.45, 2.75) is 57.0 Å². The number of carboxylic acids is 1. The summed E-state index contributed by atoms with van der Waals surface area (Å²) in [5.74, 6) is -3.51. The average molecular weight is 507 g/mol. The van der Waals surface area contributed by atoms with E-state index in [0.29, 0.717) is 17.1 Å². The van der Waals surface area contributed by atoms with E-state index >= 15 is 0 Å². The molecule has 36 heavy (non-hydrogen) atoms. The Morgan fingerprint density at radius 2 is 1.83 bits per heavy atom. The molecule has 2 N–H and O–H groups in total. The maximum absolute atomic E-state index is 13.9. The van der Waals surface area contributed by atoms with Crippen molar-refractivity contribution in [1.82, 2.24) is 5.32 Å². The third-order valence-electron chi connectivity index (χ3n) is 8.12. The second-order valence-electron chi connectivity index (χ2n) is 10.4. The Bertz CT molecular complexity index is 1210. The topological polar surface area (TPSA) is 86.7 Å². The summed E-state index contributed by atoms with van der Waals surface area (Å²) in [7, 11) is 0. The number of benzene rings is 2. The summed E-state index contributed by atoms with van der Waals surface area (Å²) in [6, 6.07) is 14.1. The Hall–Kier alpha value is -2.96. The maximum atomic E-state index is 13.9. The van der Waals surface area contributed by atoms with Gasteiger partial charge in [0.2, 0.25) is 11.8 Å². The number of nitrogens with zero attached hydrogens (tertiary/aromatic N) is 1. The van der Waals surface area contributed by atoms with Gasteiger partial charge >= 0.3 is 5.97 Å². The van der Waals surface area contributed by atoms with Gasteiger partial charge in [-0.15, -0.1) is 0 Å². The van der Waals surface area contributed by atoms with Gasteiger partial charge in [0, 0.05) is 11.1 Å². The lowest BCUT2D eigenvalue weighted by Crippen LogP contribution is -2.57. The zero-order valence-corrected chi connectivity index (χ0v) is 21.1. The van der Waals surface area contributed by atoms with Crippen LogP contribution in [0, 0.1) is 24.7 Å². The third kappa shape index (κ3) is 4.27. The van der Waals surface area contributed by atoms with E-state index < -0.39 is 35.3 Å². The Morgan fingerprint density at radius 1 is 1.11 bits per heavy atom. The zero-order valence-electron chi connectivity index (χ0n) is 20.3. The predicted octanol–water partition coefficient (Wildman–Crippen LogP) is 5.23. The highest BCUT2D eigenvalue weighted by Crippen LogP contribution is 2.49. The van der Waals surface area contributed by atoms with Crippen LogP contribution in [0.15, 0.2) is 54.6 Å². The summed E-state index contributed by atoms with van der Waals surface area (Å²) in [5.41, 5.74) is 0.656. The van der Waals surface area contributed by atoms with Crippen LogP contribution >= 0.6 is 11.6 Å². The van der Waals surface area contributed by atoms with Crippen LogP contribution in [-0.2, 0) is 14.4 Å². The second kappa shape index (κ2) is 9.83. The first-order valence-electron chi connectivity index (χ1n) is 12.7. The van der Waals surface area contributed by atoms with Crippen LogP contribution < -0.4 is 10.2 Å². The molecule has 6 nitrogen and oxygen atoms in total. The molecule has 2 saturated heterocycles. The molecule has 4 atom stereocenters. The fourth-order valence-corrected chi connectivity index (χ4v) is 6.46. The number of halogens is 1. The van der Waals surface area contributed by atoms with Gasteiger partial charge < -0.3 is 5.11 Å². The van der Waals surface area contributed by atoms with E-state index in [4.69, 9.17) is 11.6 Å². The third-order valence-corrected chi connectivity index (χ3v) is 8.53. The first-order chi connectivity index (χ1) is 17.3. The van der Waals surface area contributed by atoms with Crippen molar-refractivity contribution in [1.29, 1.82) is 0 Å². The summed E-state index contributed by atoms with van der Waals surface area (Å²) < 4.78 is 0. The summed E-state index contributed by atoms with van der Waals surface area (Å²) in [4.78, 5) is 41.8. The molecule has 4 unspecified atom stereocenters. The Kier molecular flexibility index (Phi) is 6.75. The minimum Gasteiger partial charge on any atom is -0.480 e. The molecule has 2 aliphatic heterocycles. The number of anilines is 1. The molecule has 2 aromatic carbocycles. The van der Waals surface area contributed by atoms with E-state index in [9.17, 15) is 19.5 Å². The molecule has 5 rings (SSSR count). The second-order valence-corrected chi connectivity index (χ2v) is 10.8. The van der Waals surface area contributed by atoms with Crippen molar-refractivity contribution in [2.24, 2.45) is 17.8 Å². The number of imide groups is 1. The summed E-state index contributed by atoms with van der Waals surface area (Å²) in [5, 5.41) is 14.3. The molecule has 0 spiro atoms. The fraction of sp³-hybridized carbons (Fsp3) is 0.414. The van der Waals surface area contributed by atoms with E-state index in [1.54, 1.807) is 18.2 Å². The highest BCUT2D eigenvalue weighted by molar-refractivity contribution is 6.32. The first kappa shape index (κ1) is 24.7. The summed E-state index contributed by atoms with van der Waals surface area (Å²) >= 11 is 6.32. The van der Waals surface area contributed by atoms with E-state index in [2.05, 4.69) is 5.32 Å². The molecule has 0 bridgehead atoms. The predicted molar refractivity (Wildman–Crippen MR) is 140 cm³/mol. The number of hydrogen-bond acceptors (Lipinski definition) is 4. The van der Waals surface area contributed by atoms with Crippen LogP contribution in [0.3, 0.4) is 0 Å². The largest absolute Gasteiger partial charge is 0.480 e. The number of aliphatic carboxylic acids is 1. The van der Waals surface area contributed by atoms with Crippen LogP contribution in [-0.4, -0.2) is 34.5 Å². The monoisotopic (exact) mass is 506 g/mol. The number of rotatable bonds is 6. The van der Waals surface area contributed by atoms with Gasteiger partial charge in [-0.3, -0.25) is 19.7 Å². The van der Waals surface area contributed by atoms with Crippen molar-refractivity contribution >= 4 is 41.1 Å². The number of amides is 2. The van der Waals surface area contributed by atoms with Crippen molar-refractivity contribution in [2.75, 3.05) is 4.90 Å². The Labute approximate surface area is 216 Å². The molecule has 3 aliphatic rings. The Morgan fingerprint density at radius 3 is 2.50 bits per heavy atom. The van der Waals surface area contributed by atoms with Crippen molar-refractivity contribution in [3.05, 3.63) is 70.8 Å². The highest BCUT2D eigenvalue weighted by Gasteiger charge is 2.68. The van der Waals surface area contributed by atoms with E-state index in [1.165, 1.54) is 0 Å². The van der Waals surface area contributed by atoms with Gasteiger partial charge in [-0.1, -0.05) is 92.3 Å². The molecule has 2 heterocycles. The lowest BCUT2D eigenvalue weighted by Gasteiger charge is -2.35. The fourth-order valence-electron chi connectivity index (χ4n) is 6.28. The van der Waals surface area contributed by atoms with Crippen LogP contribution in [0.4, 0.5) is 5.69 Å². The molecule has 3 fully saturated rings. The molecular weight excluding hydrogens is 476 g/mol. The lowest BCUT2D eigenvalue weighted by atomic mass is 9.72. The lowest BCUT2D eigenvalue weighted by molar-refractivity contribution is -0.150. The smallest absolute Gasteiger partial charge is 0.324 e. The van der Waals surface area contributed by atoms with Gasteiger partial charge in [-0.25, -0.2) is 4.90 Å².